The van der Waals surface area contributed by atoms with Crippen molar-refractivity contribution in [1.29, 1.82) is 0 Å². The average molecular weight is 218 g/mol. The summed E-state index contributed by atoms with van der Waals surface area (Å²) in [4.78, 5) is 15.4. The summed E-state index contributed by atoms with van der Waals surface area (Å²) in [5, 5.41) is 0.623. The van der Waals surface area contributed by atoms with E-state index in [1.165, 1.54) is 12.4 Å². The lowest BCUT2D eigenvalue weighted by Gasteiger charge is -2.07. The maximum absolute atomic E-state index is 11.6. The van der Waals surface area contributed by atoms with Gasteiger partial charge in [-0.1, -0.05) is 37.0 Å². The van der Waals surface area contributed by atoms with Crippen molar-refractivity contribution in [1.82, 2.24) is 4.98 Å². The van der Waals surface area contributed by atoms with Crippen LogP contribution >= 0.6 is 23.2 Å². The molecule has 0 fully saturated rings. The van der Waals surface area contributed by atoms with E-state index in [1.54, 1.807) is 13.8 Å². The van der Waals surface area contributed by atoms with Gasteiger partial charge in [0.1, 0.15) is 0 Å². The van der Waals surface area contributed by atoms with Gasteiger partial charge in [0.25, 0.3) is 0 Å². The van der Waals surface area contributed by atoms with Gasteiger partial charge in [-0.05, 0) is 0 Å². The zero-order chi connectivity index (χ0) is 10.0. The Labute approximate surface area is 86.9 Å². The van der Waals surface area contributed by atoms with Crippen molar-refractivity contribution in [3.63, 3.8) is 0 Å². The first-order valence-corrected chi connectivity index (χ1v) is 4.63. The summed E-state index contributed by atoms with van der Waals surface area (Å²) in [6.45, 7) is 3.60. The lowest BCUT2D eigenvalue weighted by molar-refractivity contribution is 0.0939. The van der Waals surface area contributed by atoms with Gasteiger partial charge < -0.3 is 0 Å². The van der Waals surface area contributed by atoms with E-state index >= 15 is 0 Å². The lowest BCUT2D eigenvalue weighted by atomic mass is 10.0. The van der Waals surface area contributed by atoms with Crippen LogP contribution in [0.5, 0.6) is 0 Å². The Morgan fingerprint density at radius 2 is 1.77 bits per heavy atom. The highest BCUT2D eigenvalue weighted by atomic mass is 35.5. The number of Topliss-reactive ketones (excluding diaryl/α,β-unsaturated/α-hetero) is 1. The Balaban J connectivity index is 3.20. The molecule has 0 N–H and O–H groups in total. The average Bonchev–Trinajstić information content (AvgIpc) is 2.03. The van der Waals surface area contributed by atoms with Gasteiger partial charge in [-0.15, -0.1) is 0 Å². The number of hydrogen-bond donors (Lipinski definition) is 0. The van der Waals surface area contributed by atoms with Crippen molar-refractivity contribution >= 4 is 29.0 Å². The van der Waals surface area contributed by atoms with E-state index in [-0.39, 0.29) is 11.7 Å². The van der Waals surface area contributed by atoms with Gasteiger partial charge in [0, 0.05) is 18.3 Å². The second-order valence-electron chi connectivity index (χ2n) is 3.00. The first-order chi connectivity index (χ1) is 6.04. The summed E-state index contributed by atoms with van der Waals surface area (Å²) in [6, 6.07) is 0. The van der Waals surface area contributed by atoms with Gasteiger partial charge in [-0.25, -0.2) is 0 Å². The molecular weight excluding hydrogens is 209 g/mol. The van der Waals surface area contributed by atoms with E-state index in [0.717, 1.165) is 0 Å². The minimum atomic E-state index is -0.114. The smallest absolute Gasteiger partial charge is 0.168 e. The van der Waals surface area contributed by atoms with E-state index in [1.807, 2.05) is 0 Å². The van der Waals surface area contributed by atoms with Gasteiger partial charge in [0.15, 0.2) is 5.78 Å². The summed E-state index contributed by atoms with van der Waals surface area (Å²) < 4.78 is 0. The molecule has 0 aliphatic rings. The molecule has 1 heterocycles. The predicted molar refractivity (Wildman–Crippen MR) is 53.4 cm³/mol. The molecule has 0 aromatic carbocycles. The van der Waals surface area contributed by atoms with E-state index in [4.69, 9.17) is 23.2 Å². The fourth-order valence-corrected chi connectivity index (χ4v) is 1.49. The molecule has 0 saturated heterocycles. The van der Waals surface area contributed by atoms with Crippen molar-refractivity contribution in [2.45, 2.75) is 13.8 Å². The minimum Gasteiger partial charge on any atom is -0.294 e. The highest BCUT2D eigenvalue weighted by Gasteiger charge is 2.17. The molecule has 1 aromatic heterocycles. The number of carbonyl (C=O) groups excluding carboxylic acids is 1. The van der Waals surface area contributed by atoms with Gasteiger partial charge in [-0.2, -0.15) is 0 Å². The SMILES string of the molecule is CC(C)C(=O)c1c(Cl)cncc1Cl. The Kier molecular flexibility index (Phi) is 3.28. The summed E-state index contributed by atoms with van der Waals surface area (Å²) in [5.74, 6) is -0.171. The van der Waals surface area contributed by atoms with Gasteiger partial charge in [0.2, 0.25) is 0 Å². The Morgan fingerprint density at radius 3 is 2.15 bits per heavy atom. The van der Waals surface area contributed by atoms with Crippen molar-refractivity contribution in [2.24, 2.45) is 5.92 Å². The van der Waals surface area contributed by atoms with Crippen LogP contribution in [-0.2, 0) is 0 Å². The molecule has 0 unspecified atom stereocenters. The van der Waals surface area contributed by atoms with Crippen molar-refractivity contribution in [3.05, 3.63) is 28.0 Å². The van der Waals surface area contributed by atoms with Crippen LogP contribution in [0.15, 0.2) is 12.4 Å². The molecule has 0 atom stereocenters. The molecule has 2 nitrogen and oxygen atoms in total. The maximum atomic E-state index is 11.6. The largest absolute Gasteiger partial charge is 0.294 e. The third-order valence-corrected chi connectivity index (χ3v) is 2.20. The second-order valence-corrected chi connectivity index (χ2v) is 3.81. The normalized spacial score (nSPS) is 10.5. The number of carbonyl (C=O) groups is 1. The monoisotopic (exact) mass is 217 g/mol. The molecule has 0 spiro atoms. The Morgan fingerprint density at radius 1 is 1.31 bits per heavy atom. The number of pyridine rings is 1. The first-order valence-electron chi connectivity index (χ1n) is 3.87. The quantitative estimate of drug-likeness (QED) is 0.713. The van der Waals surface area contributed by atoms with Crippen LogP contribution in [0.2, 0.25) is 10.0 Å². The molecule has 0 radical (unpaired) electrons. The molecule has 0 aliphatic carbocycles. The summed E-state index contributed by atoms with van der Waals surface area (Å²) >= 11 is 11.6. The second kappa shape index (κ2) is 4.07. The number of aromatic nitrogens is 1. The van der Waals surface area contributed by atoms with Crippen molar-refractivity contribution in [3.8, 4) is 0 Å². The number of halogens is 2. The molecule has 70 valence electrons. The van der Waals surface area contributed by atoms with Crippen molar-refractivity contribution in [2.75, 3.05) is 0 Å². The standard InChI is InChI=1S/C9H9Cl2NO/c1-5(2)9(13)8-6(10)3-12-4-7(8)11/h3-5H,1-2H3. The molecule has 4 heteroatoms. The van der Waals surface area contributed by atoms with Crippen LogP contribution in [0.25, 0.3) is 0 Å². The van der Waals surface area contributed by atoms with Crippen molar-refractivity contribution < 1.29 is 4.79 Å². The molecule has 1 rings (SSSR count). The van der Waals surface area contributed by atoms with Crippen LogP contribution in [0.4, 0.5) is 0 Å². The third kappa shape index (κ3) is 2.20. The number of hydrogen-bond acceptors (Lipinski definition) is 2. The molecule has 0 bridgehead atoms. The van der Waals surface area contributed by atoms with Crippen LogP contribution < -0.4 is 0 Å². The third-order valence-electron chi connectivity index (χ3n) is 1.62. The summed E-state index contributed by atoms with van der Waals surface area (Å²) in [7, 11) is 0. The highest BCUT2D eigenvalue weighted by molar-refractivity contribution is 6.39. The van der Waals surface area contributed by atoms with Crippen LogP contribution in [0.1, 0.15) is 24.2 Å². The number of rotatable bonds is 2. The number of nitrogens with zero attached hydrogens (tertiary/aromatic N) is 1. The fraction of sp³-hybridized carbons (Fsp3) is 0.333. The zero-order valence-corrected chi connectivity index (χ0v) is 8.86. The van der Waals surface area contributed by atoms with Crippen LogP contribution in [0, 0.1) is 5.92 Å². The van der Waals surface area contributed by atoms with Gasteiger partial charge in [0.05, 0.1) is 15.6 Å². The molecule has 0 amide bonds. The Hall–Kier alpha value is -0.600. The molecule has 13 heavy (non-hydrogen) atoms. The molecule has 0 aliphatic heterocycles. The topological polar surface area (TPSA) is 30.0 Å². The maximum Gasteiger partial charge on any atom is 0.168 e. The zero-order valence-electron chi connectivity index (χ0n) is 7.34. The van der Waals surface area contributed by atoms with E-state index < -0.39 is 0 Å². The first kappa shape index (κ1) is 10.5. The molecule has 0 saturated carbocycles. The van der Waals surface area contributed by atoms with Gasteiger partial charge in [-0.3, -0.25) is 9.78 Å². The van der Waals surface area contributed by atoms with E-state index in [9.17, 15) is 4.79 Å². The highest BCUT2D eigenvalue weighted by Crippen LogP contribution is 2.25. The Bertz CT molecular complexity index is 316. The molecule has 1 aromatic rings. The molecular formula is C9H9Cl2NO. The van der Waals surface area contributed by atoms with Crippen LogP contribution in [-0.4, -0.2) is 10.8 Å². The predicted octanol–water partition coefficient (Wildman–Crippen LogP) is 3.23. The van der Waals surface area contributed by atoms with E-state index in [0.29, 0.717) is 15.6 Å². The van der Waals surface area contributed by atoms with Crippen LogP contribution in [0.3, 0.4) is 0 Å². The van der Waals surface area contributed by atoms with E-state index in [2.05, 4.69) is 4.98 Å². The summed E-state index contributed by atoms with van der Waals surface area (Å²) in [5.41, 5.74) is 0.369. The lowest BCUT2D eigenvalue weighted by Crippen LogP contribution is -2.09. The number of ketones is 1. The fourth-order valence-electron chi connectivity index (χ4n) is 0.935. The van der Waals surface area contributed by atoms with Gasteiger partial charge >= 0.3 is 0 Å². The summed E-state index contributed by atoms with van der Waals surface area (Å²) in [6.07, 6.45) is 2.84. The minimum absolute atomic E-state index is 0.0580.